The molecule has 0 aliphatic rings. The van der Waals surface area contributed by atoms with E-state index in [-0.39, 0.29) is 0 Å². The van der Waals surface area contributed by atoms with Gasteiger partial charge >= 0.3 is 5.91 Å². The van der Waals surface area contributed by atoms with Gasteiger partial charge in [-0.25, -0.2) is 0 Å². The molecule has 3 N–H and O–H groups in total. The van der Waals surface area contributed by atoms with Crippen LogP contribution >= 0.6 is 0 Å². The van der Waals surface area contributed by atoms with Gasteiger partial charge in [-0.05, 0) is 11.5 Å². The van der Waals surface area contributed by atoms with Crippen LogP contribution in [0.1, 0.15) is 0 Å². The van der Waals surface area contributed by atoms with Gasteiger partial charge in [-0.2, -0.15) is 0 Å². The Kier molecular flexibility index (Phi) is 4.23. The summed E-state index contributed by atoms with van der Waals surface area (Å²) in [6.07, 6.45) is 0. The molecule has 116 valence electrons. The van der Waals surface area contributed by atoms with Gasteiger partial charge in [0.1, 0.15) is 0 Å². The lowest BCUT2D eigenvalue weighted by molar-refractivity contribution is -0.867. The molecule has 0 radical (unpaired) electrons. The fraction of sp³-hybridized carbons (Fsp3) is 0.167. The van der Waals surface area contributed by atoms with E-state index >= 15 is 0 Å². The average molecular weight is 308 g/mol. The van der Waals surface area contributed by atoms with Crippen LogP contribution in [-0.2, 0) is 9.68 Å². The van der Waals surface area contributed by atoms with E-state index in [2.05, 4.69) is 15.0 Å². The Bertz CT molecular complexity index is 686. The molecule has 0 heterocycles. The minimum atomic E-state index is -2.43. The number of nitrogens with two attached hydrogens (primary N) is 1. The molecule has 0 unspecified atom stereocenters. The smallest absolute Gasteiger partial charge is 0.335 e. The number of hydrogen-bond donors (Lipinski definition) is 2. The maximum Gasteiger partial charge on any atom is 0.348 e. The number of nitrogens with one attached hydrogen (secondary N) is 1. The van der Waals surface area contributed by atoms with E-state index in [1.54, 1.807) is 24.3 Å². The zero-order chi connectivity index (χ0) is 16.2. The van der Waals surface area contributed by atoms with Crippen LogP contribution in [0.25, 0.3) is 10.8 Å². The second-order valence-electron chi connectivity index (χ2n) is 4.24. The highest BCUT2D eigenvalue weighted by atomic mass is 17.1. The van der Waals surface area contributed by atoms with Gasteiger partial charge in [-0.15, -0.1) is 20.2 Å². The maximum absolute atomic E-state index is 10.6. The Morgan fingerprint density at radius 1 is 1.05 bits per heavy atom. The second-order valence-corrected chi connectivity index (χ2v) is 4.24. The van der Waals surface area contributed by atoms with E-state index in [9.17, 15) is 20.2 Å². The minimum absolute atomic E-state index is 0.340. The Hall–Kier alpha value is -3.14. The van der Waals surface area contributed by atoms with E-state index in [0.29, 0.717) is 11.1 Å². The Balaban J connectivity index is 2.44. The summed E-state index contributed by atoms with van der Waals surface area (Å²) in [5.74, 6) is -2.43. The van der Waals surface area contributed by atoms with Crippen LogP contribution < -0.4 is 11.1 Å². The van der Waals surface area contributed by atoms with Crippen molar-refractivity contribution in [3.8, 4) is 0 Å². The third-order valence-corrected chi connectivity index (χ3v) is 2.83. The van der Waals surface area contributed by atoms with Crippen molar-refractivity contribution in [3.05, 3.63) is 62.7 Å². The lowest BCUT2D eigenvalue weighted by Crippen LogP contribution is -2.53. The SMILES string of the molecule is NCC(Nc1cccc2ccccc12)(O[N+](=O)[O-])O[N+](=O)[O-]. The summed E-state index contributed by atoms with van der Waals surface area (Å²) in [5.41, 5.74) is 5.71. The molecule has 10 heteroatoms. The molecule has 0 bridgehead atoms. The molecule has 0 saturated heterocycles. The van der Waals surface area contributed by atoms with Crippen LogP contribution in [0.5, 0.6) is 0 Å². The van der Waals surface area contributed by atoms with Crippen molar-refractivity contribution >= 4 is 16.5 Å². The molecule has 10 nitrogen and oxygen atoms in total. The molecule has 22 heavy (non-hydrogen) atoms. The summed E-state index contributed by atoms with van der Waals surface area (Å²) in [5, 5.41) is 22.7. The van der Waals surface area contributed by atoms with Gasteiger partial charge in [0.05, 0.1) is 6.54 Å². The number of anilines is 1. The van der Waals surface area contributed by atoms with Crippen molar-refractivity contribution in [3.63, 3.8) is 0 Å². The molecule has 0 amide bonds. The van der Waals surface area contributed by atoms with Crippen molar-refractivity contribution < 1.29 is 19.8 Å². The first-order chi connectivity index (χ1) is 10.5. The van der Waals surface area contributed by atoms with Crippen molar-refractivity contribution in [2.75, 3.05) is 11.9 Å². The van der Waals surface area contributed by atoms with Gasteiger partial charge < -0.3 is 11.1 Å². The van der Waals surface area contributed by atoms with Gasteiger partial charge in [0, 0.05) is 11.1 Å². The van der Waals surface area contributed by atoms with Crippen LogP contribution in [0.15, 0.2) is 42.5 Å². The number of hydrogen-bond acceptors (Lipinski definition) is 8. The fourth-order valence-electron chi connectivity index (χ4n) is 1.97. The van der Waals surface area contributed by atoms with Gasteiger partial charge in [0.15, 0.2) is 0 Å². The van der Waals surface area contributed by atoms with Gasteiger partial charge in [0.25, 0.3) is 10.2 Å². The highest BCUT2D eigenvalue weighted by molar-refractivity contribution is 5.93. The first kappa shape index (κ1) is 15.3. The molecular formula is C12H12N4O6. The molecule has 0 aliphatic carbocycles. The van der Waals surface area contributed by atoms with E-state index in [1.807, 2.05) is 18.2 Å². The van der Waals surface area contributed by atoms with Crippen LogP contribution in [0.3, 0.4) is 0 Å². The molecule has 0 saturated carbocycles. The fourth-order valence-corrected chi connectivity index (χ4v) is 1.97. The molecule has 0 aromatic heterocycles. The molecule has 0 fully saturated rings. The molecule has 0 aliphatic heterocycles. The first-order valence-electron chi connectivity index (χ1n) is 6.09. The molecule has 0 atom stereocenters. The third kappa shape index (κ3) is 3.30. The summed E-state index contributed by atoms with van der Waals surface area (Å²) < 4.78 is 0. The summed E-state index contributed by atoms with van der Waals surface area (Å²) in [6.45, 7) is -0.668. The zero-order valence-corrected chi connectivity index (χ0v) is 11.2. The molecule has 2 aromatic carbocycles. The van der Waals surface area contributed by atoms with Crippen LogP contribution in [0, 0.1) is 20.2 Å². The minimum Gasteiger partial charge on any atom is -0.335 e. The van der Waals surface area contributed by atoms with Crippen molar-refractivity contribution in [2.45, 2.75) is 5.91 Å². The van der Waals surface area contributed by atoms with Crippen LogP contribution in [0.2, 0.25) is 0 Å². The monoisotopic (exact) mass is 308 g/mol. The van der Waals surface area contributed by atoms with Crippen molar-refractivity contribution in [2.24, 2.45) is 5.73 Å². The van der Waals surface area contributed by atoms with Crippen LogP contribution in [0.4, 0.5) is 5.69 Å². The summed E-state index contributed by atoms with van der Waals surface area (Å²) in [6, 6.07) is 12.2. The summed E-state index contributed by atoms with van der Waals surface area (Å²) in [7, 11) is 0. The van der Waals surface area contributed by atoms with E-state index < -0.39 is 22.6 Å². The van der Waals surface area contributed by atoms with Gasteiger partial charge in [0.2, 0.25) is 0 Å². The maximum atomic E-state index is 10.6. The first-order valence-corrected chi connectivity index (χ1v) is 6.09. The Labute approximate surface area is 123 Å². The topological polar surface area (TPSA) is 143 Å². The van der Waals surface area contributed by atoms with Gasteiger partial charge in [-0.3, -0.25) is 9.68 Å². The summed E-state index contributed by atoms with van der Waals surface area (Å²) in [4.78, 5) is 29.7. The van der Waals surface area contributed by atoms with E-state index in [1.165, 1.54) is 0 Å². The molecule has 2 rings (SSSR count). The Morgan fingerprint density at radius 2 is 1.64 bits per heavy atom. The second kappa shape index (κ2) is 6.10. The lowest BCUT2D eigenvalue weighted by atomic mass is 10.1. The highest BCUT2D eigenvalue weighted by Gasteiger charge is 2.38. The van der Waals surface area contributed by atoms with Crippen molar-refractivity contribution in [1.82, 2.24) is 0 Å². The number of rotatable bonds is 7. The normalized spacial score (nSPS) is 11.0. The molecule has 2 aromatic rings. The number of nitrogens with zero attached hydrogens (tertiary/aromatic N) is 2. The Morgan fingerprint density at radius 3 is 2.23 bits per heavy atom. The standard InChI is InChI=1S/C12H12N4O6/c13-8-12(21-15(17)18,22-16(19)20)14-11-7-3-5-9-4-1-2-6-10(9)11/h1-7,14H,8,13H2. The number of benzene rings is 2. The number of fused-ring (bicyclic) bond motifs is 1. The predicted molar refractivity (Wildman–Crippen MR) is 75.5 cm³/mol. The molecule has 0 spiro atoms. The van der Waals surface area contributed by atoms with E-state index in [4.69, 9.17) is 5.73 Å². The predicted octanol–water partition coefficient (Wildman–Crippen LogP) is 1.28. The summed E-state index contributed by atoms with van der Waals surface area (Å²) >= 11 is 0. The lowest BCUT2D eigenvalue weighted by Gasteiger charge is -2.29. The van der Waals surface area contributed by atoms with Gasteiger partial charge in [-0.1, -0.05) is 36.4 Å². The average Bonchev–Trinajstić information content (AvgIpc) is 2.46. The van der Waals surface area contributed by atoms with Crippen LogP contribution in [-0.4, -0.2) is 22.6 Å². The molecular weight excluding hydrogens is 296 g/mol. The van der Waals surface area contributed by atoms with Crippen molar-refractivity contribution in [1.29, 1.82) is 0 Å². The largest absolute Gasteiger partial charge is 0.348 e. The third-order valence-electron chi connectivity index (χ3n) is 2.83. The zero-order valence-electron chi connectivity index (χ0n) is 11.2. The highest BCUT2D eigenvalue weighted by Crippen LogP contribution is 2.26. The van der Waals surface area contributed by atoms with E-state index in [0.717, 1.165) is 5.39 Å². The quantitative estimate of drug-likeness (QED) is 0.442.